The molecule has 0 saturated heterocycles. The number of aryl methyl sites for hydroxylation is 1. The van der Waals surface area contributed by atoms with E-state index in [0.29, 0.717) is 29.8 Å². The molecule has 1 aromatic carbocycles. The quantitative estimate of drug-likeness (QED) is 0.893. The van der Waals surface area contributed by atoms with E-state index >= 15 is 0 Å². The zero-order valence-electron chi connectivity index (χ0n) is 12.3. The molecule has 112 valence electrons. The Labute approximate surface area is 133 Å². The molecule has 3 rings (SSSR count). The molecule has 2 aromatic rings. The molecule has 1 amide bonds. The molecule has 5 heteroatoms. The fraction of sp³-hybridized carbons (Fsp3) is 0.294. The largest absolute Gasteiger partial charge is 0.390 e. The minimum absolute atomic E-state index is 0.455. The molecule has 1 atom stereocenters. The van der Waals surface area contributed by atoms with Crippen molar-refractivity contribution >= 4 is 22.2 Å². The normalized spacial score (nSPS) is 20.2. The summed E-state index contributed by atoms with van der Waals surface area (Å²) in [5, 5.41) is 10.3. The zero-order valence-corrected chi connectivity index (χ0v) is 13.2. The summed E-state index contributed by atoms with van der Waals surface area (Å²) in [7, 11) is 0. The summed E-state index contributed by atoms with van der Waals surface area (Å²) in [5.41, 5.74) is 14.4. The number of nitriles is 1. The van der Waals surface area contributed by atoms with E-state index < -0.39 is 11.3 Å². The van der Waals surface area contributed by atoms with Gasteiger partial charge in [-0.1, -0.05) is 24.3 Å². The molecule has 22 heavy (non-hydrogen) atoms. The second-order valence-corrected chi connectivity index (χ2v) is 6.93. The number of fused-ring (bicyclic) bond motifs is 1. The maximum absolute atomic E-state index is 11.6. The monoisotopic (exact) mass is 311 g/mol. The second kappa shape index (κ2) is 5.15. The Kier molecular flexibility index (Phi) is 3.42. The lowest BCUT2D eigenvalue weighted by atomic mass is 9.69. The van der Waals surface area contributed by atoms with Crippen molar-refractivity contribution in [2.45, 2.75) is 31.6 Å². The Morgan fingerprint density at radius 1 is 1.41 bits per heavy atom. The molecule has 4 N–H and O–H groups in total. The maximum atomic E-state index is 11.6. The van der Waals surface area contributed by atoms with Crippen LogP contribution in [0.4, 0.5) is 5.00 Å². The predicted octanol–water partition coefficient (Wildman–Crippen LogP) is 2.69. The van der Waals surface area contributed by atoms with Gasteiger partial charge in [0.1, 0.15) is 0 Å². The highest BCUT2D eigenvalue weighted by atomic mass is 32.1. The highest BCUT2D eigenvalue weighted by Crippen LogP contribution is 2.44. The number of nitrogens with two attached hydrogens (primary N) is 2. The summed E-state index contributed by atoms with van der Waals surface area (Å²) >= 11 is 1.39. The molecule has 1 aliphatic rings. The third-order valence-corrected chi connectivity index (χ3v) is 5.56. The van der Waals surface area contributed by atoms with Gasteiger partial charge in [-0.15, -0.1) is 11.3 Å². The average Bonchev–Trinajstić information content (AvgIpc) is 2.82. The van der Waals surface area contributed by atoms with Crippen LogP contribution in [0.3, 0.4) is 0 Å². The van der Waals surface area contributed by atoms with E-state index in [1.807, 2.05) is 31.2 Å². The van der Waals surface area contributed by atoms with Crippen LogP contribution in [0, 0.1) is 18.3 Å². The minimum atomic E-state index is -0.551. The molecule has 1 heterocycles. The van der Waals surface area contributed by atoms with E-state index in [0.717, 1.165) is 21.6 Å². The first-order valence-corrected chi connectivity index (χ1v) is 7.97. The van der Waals surface area contributed by atoms with Crippen LogP contribution < -0.4 is 11.5 Å². The van der Waals surface area contributed by atoms with Crippen molar-refractivity contribution in [2.75, 3.05) is 5.73 Å². The van der Waals surface area contributed by atoms with Crippen molar-refractivity contribution in [3.63, 3.8) is 0 Å². The van der Waals surface area contributed by atoms with Crippen LogP contribution in [0.2, 0.25) is 0 Å². The minimum Gasteiger partial charge on any atom is -0.390 e. The van der Waals surface area contributed by atoms with Gasteiger partial charge in [0.15, 0.2) is 0 Å². The maximum Gasteiger partial charge on any atom is 0.251 e. The summed E-state index contributed by atoms with van der Waals surface area (Å²) in [6.45, 7) is 2.03. The summed E-state index contributed by atoms with van der Waals surface area (Å²) in [6, 6.07) is 10.5. The molecule has 1 aliphatic carbocycles. The van der Waals surface area contributed by atoms with Crippen LogP contribution in [0.1, 0.15) is 38.3 Å². The molecule has 0 aliphatic heterocycles. The Hall–Kier alpha value is -2.32. The summed E-state index contributed by atoms with van der Waals surface area (Å²) < 4.78 is 0. The van der Waals surface area contributed by atoms with Crippen LogP contribution in [-0.2, 0) is 18.3 Å². The van der Waals surface area contributed by atoms with Gasteiger partial charge in [0.05, 0.1) is 22.0 Å². The number of hydrogen-bond donors (Lipinski definition) is 2. The van der Waals surface area contributed by atoms with Gasteiger partial charge in [-0.3, -0.25) is 4.79 Å². The molecule has 0 saturated carbocycles. The average molecular weight is 311 g/mol. The zero-order chi connectivity index (χ0) is 15.9. The topological polar surface area (TPSA) is 92.9 Å². The summed E-state index contributed by atoms with van der Waals surface area (Å²) in [5.74, 6) is -0.477. The molecule has 1 aromatic heterocycles. The van der Waals surface area contributed by atoms with Gasteiger partial charge in [-0.05, 0) is 36.5 Å². The Balaban J connectivity index is 2.10. The van der Waals surface area contributed by atoms with Crippen molar-refractivity contribution in [3.8, 4) is 6.07 Å². The summed E-state index contributed by atoms with van der Waals surface area (Å²) in [4.78, 5) is 12.6. The molecule has 0 spiro atoms. The van der Waals surface area contributed by atoms with Crippen LogP contribution >= 0.6 is 11.3 Å². The molecule has 0 radical (unpaired) electrons. The second-order valence-electron chi connectivity index (χ2n) is 5.79. The molecular weight excluding hydrogens is 294 g/mol. The number of carbonyl (C=O) groups excluding carboxylic acids is 1. The van der Waals surface area contributed by atoms with Crippen molar-refractivity contribution in [1.82, 2.24) is 0 Å². The third-order valence-electron chi connectivity index (χ3n) is 4.50. The molecule has 1 unspecified atom stereocenters. The summed E-state index contributed by atoms with van der Waals surface area (Å²) in [6.07, 6.45) is 1.92. The van der Waals surface area contributed by atoms with Gasteiger partial charge in [0.2, 0.25) is 0 Å². The first-order chi connectivity index (χ1) is 10.5. The van der Waals surface area contributed by atoms with Crippen molar-refractivity contribution < 1.29 is 4.79 Å². The predicted molar refractivity (Wildman–Crippen MR) is 87.7 cm³/mol. The van der Waals surface area contributed by atoms with Crippen molar-refractivity contribution in [3.05, 3.63) is 51.4 Å². The van der Waals surface area contributed by atoms with Gasteiger partial charge in [-0.2, -0.15) is 5.26 Å². The highest BCUT2D eigenvalue weighted by Gasteiger charge is 2.40. The van der Waals surface area contributed by atoms with Crippen LogP contribution in [0.5, 0.6) is 0 Å². The Bertz CT molecular complexity index is 803. The Morgan fingerprint density at radius 2 is 2.14 bits per heavy atom. The SMILES string of the molecule is Cc1ccccc1C1(C#N)CCc2c(sc(N)c2C(N)=O)C1. The lowest BCUT2D eigenvalue weighted by Gasteiger charge is -2.32. The van der Waals surface area contributed by atoms with Gasteiger partial charge < -0.3 is 11.5 Å². The fourth-order valence-corrected chi connectivity index (χ4v) is 4.64. The van der Waals surface area contributed by atoms with E-state index in [1.165, 1.54) is 11.3 Å². The number of benzene rings is 1. The van der Waals surface area contributed by atoms with Crippen molar-refractivity contribution in [2.24, 2.45) is 5.73 Å². The number of hydrogen-bond acceptors (Lipinski definition) is 4. The van der Waals surface area contributed by atoms with Crippen LogP contribution in [-0.4, -0.2) is 5.91 Å². The first kappa shape index (κ1) is 14.6. The number of carbonyl (C=O) groups is 1. The number of thiophene rings is 1. The van der Waals surface area contributed by atoms with Crippen molar-refractivity contribution in [1.29, 1.82) is 5.26 Å². The number of primary amides is 1. The molecule has 0 fully saturated rings. The number of nitrogen functional groups attached to an aromatic ring is 1. The highest BCUT2D eigenvalue weighted by molar-refractivity contribution is 7.16. The fourth-order valence-electron chi connectivity index (χ4n) is 3.41. The number of nitrogens with zero attached hydrogens (tertiary/aromatic N) is 1. The van der Waals surface area contributed by atoms with Gasteiger partial charge in [-0.25, -0.2) is 0 Å². The number of anilines is 1. The van der Waals surface area contributed by atoms with E-state index in [4.69, 9.17) is 11.5 Å². The van der Waals surface area contributed by atoms with Gasteiger partial charge >= 0.3 is 0 Å². The van der Waals surface area contributed by atoms with Gasteiger partial charge in [0.25, 0.3) is 5.91 Å². The molecule has 4 nitrogen and oxygen atoms in total. The third kappa shape index (κ3) is 2.08. The number of amides is 1. The van der Waals surface area contributed by atoms with Crippen LogP contribution in [0.25, 0.3) is 0 Å². The number of rotatable bonds is 2. The van der Waals surface area contributed by atoms with E-state index in [-0.39, 0.29) is 0 Å². The lowest BCUT2D eigenvalue weighted by Crippen LogP contribution is -2.32. The van der Waals surface area contributed by atoms with E-state index in [9.17, 15) is 10.1 Å². The standard InChI is InChI=1S/C17H17N3OS/c1-10-4-2-3-5-12(10)17(9-18)7-6-11-13(8-17)22-16(20)14(11)15(19)21/h2-5H,6-8,20H2,1H3,(H2,19,21). The van der Waals surface area contributed by atoms with E-state index in [2.05, 4.69) is 6.07 Å². The lowest BCUT2D eigenvalue weighted by molar-refractivity contribution is 0.100. The molecular formula is C17H17N3OS. The van der Waals surface area contributed by atoms with Gasteiger partial charge in [0, 0.05) is 11.3 Å². The Morgan fingerprint density at radius 3 is 2.77 bits per heavy atom. The first-order valence-electron chi connectivity index (χ1n) is 7.15. The van der Waals surface area contributed by atoms with E-state index in [1.54, 1.807) is 0 Å². The molecule has 0 bridgehead atoms. The van der Waals surface area contributed by atoms with Crippen LogP contribution in [0.15, 0.2) is 24.3 Å². The smallest absolute Gasteiger partial charge is 0.251 e.